The Morgan fingerprint density at radius 3 is 2.41 bits per heavy atom. The number of carboxylic acids is 1. The highest BCUT2D eigenvalue weighted by Gasteiger charge is 2.40. The molecule has 0 bridgehead atoms. The van der Waals surface area contributed by atoms with Crippen molar-refractivity contribution >= 4 is 29.4 Å². The number of carbonyl (C=O) groups is 4. The van der Waals surface area contributed by atoms with Crippen molar-refractivity contribution < 1.29 is 29.0 Å². The van der Waals surface area contributed by atoms with Crippen molar-refractivity contribution in [2.75, 3.05) is 11.9 Å². The number of carboxylic acid groups (broad SMARTS) is 1. The number of rotatable bonds is 6. The number of aromatic carboxylic acids is 1. The largest absolute Gasteiger partial charge is 0.477 e. The summed E-state index contributed by atoms with van der Waals surface area (Å²) in [5, 5.41) is 11.7. The van der Waals surface area contributed by atoms with E-state index < -0.39 is 29.6 Å². The van der Waals surface area contributed by atoms with Gasteiger partial charge in [0, 0.05) is 31.1 Å². The molecule has 1 unspecified atom stereocenters. The van der Waals surface area contributed by atoms with E-state index in [1.54, 1.807) is 31.2 Å². The number of H-pyrrole nitrogens is 1. The lowest BCUT2D eigenvalue weighted by Gasteiger charge is -2.22. The average Bonchev–Trinajstić information content (AvgIpc) is 3.18. The number of hydrogen-bond acceptors (Lipinski definition) is 6. The first-order chi connectivity index (χ1) is 15.2. The van der Waals surface area contributed by atoms with Crippen molar-refractivity contribution in [1.82, 2.24) is 9.88 Å². The molecule has 3 N–H and O–H groups in total. The average molecular weight is 441 g/mol. The molecule has 0 saturated carbocycles. The van der Waals surface area contributed by atoms with E-state index in [4.69, 9.17) is 9.84 Å². The fraction of sp³-hybridized carbons (Fsp3) is 0.318. The molecule has 2 heterocycles. The zero-order valence-corrected chi connectivity index (χ0v) is 17.6. The number of anilines is 1. The number of pyridine rings is 1. The molecular formula is C22H23N3O7. The summed E-state index contributed by atoms with van der Waals surface area (Å²) in [6, 6.07) is 8.51. The monoisotopic (exact) mass is 441 g/mol. The summed E-state index contributed by atoms with van der Waals surface area (Å²) < 4.78 is 5.29. The summed E-state index contributed by atoms with van der Waals surface area (Å²) in [5.41, 5.74) is 0.455. The minimum absolute atomic E-state index is 0.164. The molecule has 10 nitrogen and oxygen atoms in total. The van der Waals surface area contributed by atoms with Crippen molar-refractivity contribution in [3.63, 3.8) is 0 Å². The third kappa shape index (κ3) is 5.02. The molecule has 1 aliphatic rings. The summed E-state index contributed by atoms with van der Waals surface area (Å²) >= 11 is 0. The molecule has 1 aromatic heterocycles. The van der Waals surface area contributed by atoms with Crippen LogP contribution in [0.2, 0.25) is 0 Å². The smallest absolute Gasteiger partial charge is 0.341 e. The first-order valence-corrected chi connectivity index (χ1v) is 10.0. The van der Waals surface area contributed by atoms with Crippen LogP contribution in [0.3, 0.4) is 0 Å². The molecule has 168 valence electrons. The number of nitrogens with zero attached hydrogens (tertiary/aromatic N) is 1. The predicted molar refractivity (Wildman–Crippen MR) is 114 cm³/mol. The number of amides is 2. The van der Waals surface area contributed by atoms with Crippen molar-refractivity contribution in [2.24, 2.45) is 0 Å². The lowest BCUT2D eigenvalue weighted by atomic mass is 10.1. The van der Waals surface area contributed by atoms with Crippen LogP contribution in [-0.2, 0) is 19.1 Å². The fourth-order valence-electron chi connectivity index (χ4n) is 3.52. The second-order valence-corrected chi connectivity index (χ2v) is 7.37. The molecule has 0 aliphatic carbocycles. The molecular weight excluding hydrogens is 418 g/mol. The number of ether oxygens (including phenoxy) is 1. The Bertz CT molecular complexity index is 1110. The minimum atomic E-state index is -1.31. The number of likely N-dealkylation sites (tertiary alicyclic amines) is 1. The Kier molecular flexibility index (Phi) is 6.72. The van der Waals surface area contributed by atoms with Gasteiger partial charge in [-0.05, 0) is 29.8 Å². The SMILES string of the molecule is CCC(=O)OC1C[C@@H](C(=O)Nc2ccc(-c3ccc(C(=O)O)c(=O)[nH]3)cc2)N(C(C)=O)C1. The molecule has 2 amide bonds. The van der Waals surface area contributed by atoms with E-state index in [1.807, 2.05) is 0 Å². The Labute approximate surface area is 183 Å². The van der Waals surface area contributed by atoms with Gasteiger partial charge in [0.05, 0.1) is 6.54 Å². The van der Waals surface area contributed by atoms with Gasteiger partial charge in [0.2, 0.25) is 11.8 Å². The lowest BCUT2D eigenvalue weighted by molar-refractivity contribution is -0.148. The van der Waals surface area contributed by atoms with Crippen molar-refractivity contribution in [3.8, 4) is 11.3 Å². The zero-order chi connectivity index (χ0) is 23.4. The minimum Gasteiger partial charge on any atom is -0.477 e. The molecule has 1 fully saturated rings. The van der Waals surface area contributed by atoms with Gasteiger partial charge in [0.25, 0.3) is 5.56 Å². The van der Waals surface area contributed by atoms with Gasteiger partial charge in [-0.15, -0.1) is 0 Å². The Balaban J connectivity index is 1.70. The second kappa shape index (κ2) is 9.46. The van der Waals surface area contributed by atoms with E-state index in [-0.39, 0.29) is 36.8 Å². The maximum absolute atomic E-state index is 12.8. The molecule has 1 saturated heterocycles. The van der Waals surface area contributed by atoms with E-state index in [9.17, 15) is 24.0 Å². The van der Waals surface area contributed by atoms with Crippen LogP contribution in [0.25, 0.3) is 11.3 Å². The Hall–Kier alpha value is -3.95. The topological polar surface area (TPSA) is 146 Å². The number of hydrogen-bond donors (Lipinski definition) is 3. The van der Waals surface area contributed by atoms with E-state index in [0.29, 0.717) is 16.9 Å². The number of carbonyl (C=O) groups excluding carboxylic acids is 3. The second-order valence-electron chi connectivity index (χ2n) is 7.37. The maximum Gasteiger partial charge on any atom is 0.341 e. The van der Waals surface area contributed by atoms with Gasteiger partial charge < -0.3 is 25.0 Å². The van der Waals surface area contributed by atoms with Crippen LogP contribution in [0.15, 0.2) is 41.2 Å². The number of nitrogens with one attached hydrogen (secondary N) is 2. The standard InChI is InChI=1S/C22H23N3O7/c1-3-19(27)32-15-10-18(25(11-15)12(2)26)21(29)23-14-6-4-13(5-7-14)17-9-8-16(22(30)31)20(28)24-17/h4-9,15,18H,3,10-11H2,1-2H3,(H,23,29)(H,24,28)(H,30,31)/t15?,18-/m0/s1. The van der Waals surface area contributed by atoms with Crippen LogP contribution < -0.4 is 10.9 Å². The normalized spacial score (nSPS) is 17.6. The quantitative estimate of drug-likeness (QED) is 0.577. The van der Waals surface area contributed by atoms with Gasteiger partial charge in [-0.3, -0.25) is 19.2 Å². The fourth-order valence-corrected chi connectivity index (χ4v) is 3.52. The number of esters is 1. The summed E-state index contributed by atoms with van der Waals surface area (Å²) in [5.74, 6) is -2.38. The summed E-state index contributed by atoms with van der Waals surface area (Å²) in [6.45, 7) is 3.19. The molecule has 0 spiro atoms. The first kappa shape index (κ1) is 22.7. The van der Waals surface area contributed by atoms with Gasteiger partial charge in [-0.1, -0.05) is 19.1 Å². The van der Waals surface area contributed by atoms with Crippen LogP contribution in [0.5, 0.6) is 0 Å². The maximum atomic E-state index is 12.8. The molecule has 10 heteroatoms. The molecule has 2 atom stereocenters. The zero-order valence-electron chi connectivity index (χ0n) is 17.6. The molecule has 1 aliphatic heterocycles. The molecule has 0 radical (unpaired) electrons. The van der Waals surface area contributed by atoms with Gasteiger partial charge in [0.15, 0.2) is 0 Å². The van der Waals surface area contributed by atoms with Crippen LogP contribution in [0.1, 0.15) is 37.0 Å². The van der Waals surface area contributed by atoms with Crippen molar-refractivity contribution in [3.05, 3.63) is 52.3 Å². The molecule has 2 aromatic rings. The van der Waals surface area contributed by atoms with Crippen LogP contribution in [0, 0.1) is 0 Å². The van der Waals surface area contributed by atoms with E-state index in [2.05, 4.69) is 10.3 Å². The molecule has 1 aromatic carbocycles. The van der Waals surface area contributed by atoms with Crippen LogP contribution in [0.4, 0.5) is 5.69 Å². The highest BCUT2D eigenvalue weighted by molar-refractivity contribution is 5.97. The Morgan fingerprint density at radius 2 is 1.84 bits per heavy atom. The van der Waals surface area contributed by atoms with E-state index in [1.165, 1.54) is 24.0 Å². The summed E-state index contributed by atoms with van der Waals surface area (Å²) in [7, 11) is 0. The Morgan fingerprint density at radius 1 is 1.16 bits per heavy atom. The van der Waals surface area contributed by atoms with Crippen molar-refractivity contribution in [1.29, 1.82) is 0 Å². The first-order valence-electron chi connectivity index (χ1n) is 10.0. The lowest BCUT2D eigenvalue weighted by Crippen LogP contribution is -2.42. The van der Waals surface area contributed by atoms with Gasteiger partial charge in [-0.25, -0.2) is 4.79 Å². The van der Waals surface area contributed by atoms with Crippen molar-refractivity contribution in [2.45, 2.75) is 38.8 Å². The molecule has 3 rings (SSSR count). The third-order valence-corrected chi connectivity index (χ3v) is 5.16. The van der Waals surface area contributed by atoms with Crippen LogP contribution >= 0.6 is 0 Å². The highest BCUT2D eigenvalue weighted by Crippen LogP contribution is 2.24. The van der Waals surface area contributed by atoms with Crippen LogP contribution in [-0.4, -0.2) is 57.4 Å². The van der Waals surface area contributed by atoms with E-state index in [0.717, 1.165) is 0 Å². The van der Waals surface area contributed by atoms with Gasteiger partial charge in [0.1, 0.15) is 17.7 Å². The summed E-state index contributed by atoms with van der Waals surface area (Å²) in [6.07, 6.45) is -0.105. The number of benzene rings is 1. The summed E-state index contributed by atoms with van der Waals surface area (Å²) in [4.78, 5) is 63.0. The highest BCUT2D eigenvalue weighted by atomic mass is 16.5. The predicted octanol–water partition coefficient (Wildman–Crippen LogP) is 1.62. The van der Waals surface area contributed by atoms with Gasteiger partial charge >= 0.3 is 11.9 Å². The number of aromatic amines is 1. The van der Waals surface area contributed by atoms with Gasteiger partial charge in [-0.2, -0.15) is 0 Å². The number of aromatic nitrogens is 1. The van der Waals surface area contributed by atoms with E-state index >= 15 is 0 Å². The third-order valence-electron chi connectivity index (χ3n) is 5.16. The molecule has 32 heavy (non-hydrogen) atoms.